The standard InChI is InChI=1S/C20H20N4O4S/c1-23(2)18(26)11-21-17(25)13-28-20(27)15-12-24(14-7-4-3-5-8-14)22-19(15)16-9-6-10-29-16/h3-10,12H,11,13H2,1-2H3,(H,21,25). The Labute approximate surface area is 171 Å². The summed E-state index contributed by atoms with van der Waals surface area (Å²) in [7, 11) is 3.18. The highest BCUT2D eigenvalue weighted by atomic mass is 32.1. The van der Waals surface area contributed by atoms with Crippen LogP contribution in [0.3, 0.4) is 0 Å². The molecule has 0 bridgehead atoms. The highest BCUT2D eigenvalue weighted by Gasteiger charge is 2.21. The molecule has 0 aliphatic heterocycles. The smallest absolute Gasteiger partial charge is 0.342 e. The lowest BCUT2D eigenvalue weighted by Crippen LogP contribution is -2.38. The SMILES string of the molecule is CN(C)C(=O)CNC(=O)COC(=O)c1cn(-c2ccccc2)nc1-c1cccs1. The molecule has 0 aliphatic rings. The van der Waals surface area contributed by atoms with E-state index in [9.17, 15) is 14.4 Å². The maximum atomic E-state index is 12.6. The Morgan fingerprint density at radius 2 is 1.90 bits per heavy atom. The van der Waals surface area contributed by atoms with E-state index in [0.717, 1.165) is 10.6 Å². The lowest BCUT2D eigenvalue weighted by Gasteiger charge is -2.11. The van der Waals surface area contributed by atoms with Gasteiger partial charge in [0.1, 0.15) is 11.3 Å². The molecule has 1 N–H and O–H groups in total. The van der Waals surface area contributed by atoms with E-state index < -0.39 is 18.5 Å². The van der Waals surface area contributed by atoms with E-state index in [2.05, 4.69) is 10.4 Å². The first-order valence-electron chi connectivity index (χ1n) is 8.78. The number of hydrogen-bond acceptors (Lipinski definition) is 6. The van der Waals surface area contributed by atoms with Gasteiger partial charge in [0.25, 0.3) is 5.91 Å². The molecule has 0 radical (unpaired) electrons. The van der Waals surface area contributed by atoms with E-state index >= 15 is 0 Å². The van der Waals surface area contributed by atoms with Crippen LogP contribution in [0, 0.1) is 0 Å². The van der Waals surface area contributed by atoms with Crippen LogP contribution < -0.4 is 5.32 Å². The molecule has 3 rings (SSSR count). The van der Waals surface area contributed by atoms with Gasteiger partial charge in [-0.3, -0.25) is 9.59 Å². The van der Waals surface area contributed by atoms with Crippen molar-refractivity contribution < 1.29 is 19.1 Å². The van der Waals surface area contributed by atoms with Crippen LogP contribution in [0.4, 0.5) is 0 Å². The molecule has 0 saturated heterocycles. The second kappa shape index (κ2) is 9.16. The summed E-state index contributed by atoms with van der Waals surface area (Å²) in [5.74, 6) is -1.47. The third kappa shape index (κ3) is 5.08. The Balaban J connectivity index is 1.73. The van der Waals surface area contributed by atoms with Crippen molar-refractivity contribution in [1.82, 2.24) is 20.0 Å². The van der Waals surface area contributed by atoms with E-state index in [1.807, 2.05) is 47.8 Å². The topological polar surface area (TPSA) is 93.5 Å². The number of rotatable bonds is 7. The van der Waals surface area contributed by atoms with Crippen LogP contribution >= 0.6 is 11.3 Å². The van der Waals surface area contributed by atoms with E-state index in [4.69, 9.17) is 4.74 Å². The molecule has 2 aromatic heterocycles. The molecule has 0 spiro atoms. The molecule has 3 aromatic rings. The summed E-state index contributed by atoms with van der Waals surface area (Å²) in [6.07, 6.45) is 1.58. The van der Waals surface area contributed by atoms with Gasteiger partial charge >= 0.3 is 5.97 Å². The maximum absolute atomic E-state index is 12.6. The van der Waals surface area contributed by atoms with Gasteiger partial charge in [0.05, 0.1) is 17.1 Å². The van der Waals surface area contributed by atoms with Crippen LogP contribution in [0.2, 0.25) is 0 Å². The molecule has 29 heavy (non-hydrogen) atoms. The zero-order chi connectivity index (χ0) is 20.8. The number of benzene rings is 1. The first kappa shape index (κ1) is 20.3. The van der Waals surface area contributed by atoms with Gasteiger partial charge in [0.15, 0.2) is 6.61 Å². The number of esters is 1. The predicted octanol–water partition coefficient (Wildman–Crippen LogP) is 1.96. The molecular weight excluding hydrogens is 392 g/mol. The number of carbonyl (C=O) groups is 3. The summed E-state index contributed by atoms with van der Waals surface area (Å²) < 4.78 is 6.74. The number of nitrogens with one attached hydrogen (secondary N) is 1. The van der Waals surface area contributed by atoms with Crippen LogP contribution in [0.5, 0.6) is 0 Å². The number of likely N-dealkylation sites (N-methyl/N-ethyl adjacent to an activating group) is 1. The fourth-order valence-corrected chi connectivity index (χ4v) is 3.15. The van der Waals surface area contributed by atoms with Gasteiger partial charge in [-0.1, -0.05) is 24.3 Å². The minimum absolute atomic E-state index is 0.157. The van der Waals surface area contributed by atoms with Crippen molar-refractivity contribution in [3.8, 4) is 16.3 Å². The van der Waals surface area contributed by atoms with Crippen LogP contribution in [-0.2, 0) is 14.3 Å². The third-order valence-electron chi connectivity index (χ3n) is 3.98. The summed E-state index contributed by atoms with van der Waals surface area (Å²) in [5.41, 5.74) is 1.54. The number of aromatic nitrogens is 2. The molecule has 2 amide bonds. The van der Waals surface area contributed by atoms with Crippen LogP contribution in [0.1, 0.15) is 10.4 Å². The van der Waals surface area contributed by atoms with Gasteiger partial charge in [0, 0.05) is 20.3 Å². The van der Waals surface area contributed by atoms with Gasteiger partial charge in [-0.15, -0.1) is 11.3 Å². The fourth-order valence-electron chi connectivity index (χ4n) is 2.42. The highest BCUT2D eigenvalue weighted by Crippen LogP contribution is 2.28. The minimum atomic E-state index is -0.662. The molecule has 9 heteroatoms. The summed E-state index contributed by atoms with van der Waals surface area (Å²) >= 11 is 1.45. The lowest BCUT2D eigenvalue weighted by atomic mass is 10.2. The summed E-state index contributed by atoms with van der Waals surface area (Å²) in [6.45, 7) is -0.643. The van der Waals surface area contributed by atoms with Crippen molar-refractivity contribution in [3.05, 3.63) is 59.6 Å². The van der Waals surface area contributed by atoms with Gasteiger partial charge in [-0.25, -0.2) is 9.48 Å². The zero-order valence-electron chi connectivity index (χ0n) is 16.0. The van der Waals surface area contributed by atoms with Crippen molar-refractivity contribution in [2.75, 3.05) is 27.2 Å². The van der Waals surface area contributed by atoms with Crippen LogP contribution in [0.25, 0.3) is 16.3 Å². The average molecular weight is 412 g/mol. The average Bonchev–Trinajstić information content (AvgIpc) is 3.40. The van der Waals surface area contributed by atoms with Gasteiger partial charge in [-0.05, 0) is 23.6 Å². The molecular formula is C20H20N4O4S. The first-order valence-corrected chi connectivity index (χ1v) is 9.66. The number of para-hydroxylation sites is 1. The van der Waals surface area contributed by atoms with Crippen LogP contribution in [-0.4, -0.2) is 59.7 Å². The Hall–Kier alpha value is -3.46. The number of hydrogen-bond donors (Lipinski definition) is 1. The number of nitrogens with zero attached hydrogens (tertiary/aromatic N) is 3. The molecule has 0 atom stereocenters. The van der Waals surface area contributed by atoms with Crippen molar-refractivity contribution in [2.45, 2.75) is 0 Å². The molecule has 0 saturated carbocycles. The van der Waals surface area contributed by atoms with Gasteiger partial charge in [-0.2, -0.15) is 5.10 Å². The Bertz CT molecular complexity index is 997. The van der Waals surface area contributed by atoms with Gasteiger partial charge < -0.3 is 15.0 Å². The number of ether oxygens (including phenoxy) is 1. The molecule has 0 unspecified atom stereocenters. The third-order valence-corrected chi connectivity index (χ3v) is 4.86. The Kier molecular flexibility index (Phi) is 6.40. The Morgan fingerprint density at radius 3 is 2.55 bits per heavy atom. The van der Waals surface area contributed by atoms with Crippen molar-refractivity contribution >= 4 is 29.1 Å². The second-order valence-electron chi connectivity index (χ2n) is 6.29. The number of carbonyl (C=O) groups excluding carboxylic acids is 3. The number of thiophene rings is 1. The molecule has 150 valence electrons. The highest BCUT2D eigenvalue weighted by molar-refractivity contribution is 7.13. The van der Waals surface area contributed by atoms with Crippen molar-refractivity contribution in [1.29, 1.82) is 0 Å². The largest absolute Gasteiger partial charge is 0.452 e. The molecule has 8 nitrogen and oxygen atoms in total. The predicted molar refractivity (Wildman–Crippen MR) is 109 cm³/mol. The fraction of sp³-hybridized carbons (Fsp3) is 0.200. The molecule has 0 aliphatic carbocycles. The minimum Gasteiger partial charge on any atom is -0.452 e. The molecule has 0 fully saturated rings. The summed E-state index contributed by atoms with van der Waals surface area (Å²) in [4.78, 5) is 38.2. The number of amides is 2. The second-order valence-corrected chi connectivity index (χ2v) is 7.24. The van der Waals surface area contributed by atoms with Gasteiger partial charge in [0.2, 0.25) is 5.91 Å². The normalized spacial score (nSPS) is 10.4. The first-order chi connectivity index (χ1) is 14.0. The van der Waals surface area contributed by atoms with E-state index in [-0.39, 0.29) is 18.0 Å². The maximum Gasteiger partial charge on any atom is 0.342 e. The van der Waals surface area contributed by atoms with E-state index in [1.54, 1.807) is 25.0 Å². The van der Waals surface area contributed by atoms with Crippen LogP contribution in [0.15, 0.2) is 54.0 Å². The van der Waals surface area contributed by atoms with E-state index in [1.165, 1.54) is 16.2 Å². The monoisotopic (exact) mass is 412 g/mol. The molecule has 1 aromatic carbocycles. The van der Waals surface area contributed by atoms with E-state index in [0.29, 0.717) is 5.69 Å². The summed E-state index contributed by atoms with van der Waals surface area (Å²) in [6, 6.07) is 13.1. The lowest BCUT2D eigenvalue weighted by molar-refractivity contribution is -0.131. The van der Waals surface area contributed by atoms with Crippen molar-refractivity contribution in [2.24, 2.45) is 0 Å². The molecule has 2 heterocycles. The summed E-state index contributed by atoms with van der Waals surface area (Å²) in [5, 5.41) is 8.83. The van der Waals surface area contributed by atoms with Crippen molar-refractivity contribution in [3.63, 3.8) is 0 Å². The zero-order valence-corrected chi connectivity index (χ0v) is 16.8. The quantitative estimate of drug-likeness (QED) is 0.599. The Morgan fingerprint density at radius 1 is 1.14 bits per heavy atom.